The summed E-state index contributed by atoms with van der Waals surface area (Å²) in [7, 11) is 0. The third kappa shape index (κ3) is 4.31. The third-order valence-electron chi connectivity index (χ3n) is 6.03. The lowest BCUT2D eigenvalue weighted by atomic mass is 10.1. The molecule has 3 heterocycles. The monoisotopic (exact) mass is 432 g/mol. The maximum atomic E-state index is 9.10. The van der Waals surface area contributed by atoms with Crippen molar-refractivity contribution < 1.29 is 9.52 Å². The van der Waals surface area contributed by atoms with E-state index in [9.17, 15) is 0 Å². The van der Waals surface area contributed by atoms with Crippen LogP contribution in [0.1, 0.15) is 43.7 Å². The average molecular weight is 433 g/mol. The quantitative estimate of drug-likeness (QED) is 0.332. The summed E-state index contributed by atoms with van der Waals surface area (Å²) in [5.74, 6) is 1.28. The van der Waals surface area contributed by atoms with Crippen LogP contribution in [0, 0.1) is 0 Å². The van der Waals surface area contributed by atoms with Gasteiger partial charge in [0.1, 0.15) is 0 Å². The molecule has 1 saturated carbocycles. The van der Waals surface area contributed by atoms with E-state index in [0.717, 1.165) is 46.5 Å². The first kappa shape index (κ1) is 20.5. The molecule has 0 radical (unpaired) electrons. The summed E-state index contributed by atoms with van der Waals surface area (Å²) < 4.78 is 7.38. The van der Waals surface area contributed by atoms with Crippen LogP contribution in [0.25, 0.3) is 22.3 Å². The second-order valence-corrected chi connectivity index (χ2v) is 8.22. The van der Waals surface area contributed by atoms with Crippen molar-refractivity contribution in [2.45, 2.75) is 44.7 Å². The molecular weight excluding hydrogens is 404 g/mol. The first-order valence-corrected chi connectivity index (χ1v) is 11.3. The largest absolute Gasteiger partial charge is 0.472 e. The SMILES string of the molecule is OCCCNc1nc(NCc2ccc(-c3ccoc3)cc2)c2ncn(C3CCCC3)c2n1. The van der Waals surface area contributed by atoms with Gasteiger partial charge < -0.3 is 24.7 Å². The van der Waals surface area contributed by atoms with Crippen molar-refractivity contribution in [1.29, 1.82) is 0 Å². The Balaban J connectivity index is 1.39. The van der Waals surface area contributed by atoms with Crippen LogP contribution in [0.4, 0.5) is 11.8 Å². The van der Waals surface area contributed by atoms with E-state index >= 15 is 0 Å². The minimum Gasteiger partial charge on any atom is -0.472 e. The molecule has 0 saturated heterocycles. The van der Waals surface area contributed by atoms with E-state index in [-0.39, 0.29) is 6.61 Å². The number of aromatic nitrogens is 4. The maximum absolute atomic E-state index is 9.10. The van der Waals surface area contributed by atoms with Gasteiger partial charge >= 0.3 is 0 Å². The van der Waals surface area contributed by atoms with Crippen LogP contribution in [0.2, 0.25) is 0 Å². The van der Waals surface area contributed by atoms with Crippen molar-refractivity contribution in [1.82, 2.24) is 19.5 Å². The number of aliphatic hydroxyl groups excluding tert-OH is 1. The molecule has 1 aliphatic rings. The average Bonchev–Trinajstić information content (AvgIpc) is 3.59. The second kappa shape index (κ2) is 9.40. The number of benzene rings is 1. The van der Waals surface area contributed by atoms with Crippen LogP contribution in [0.5, 0.6) is 0 Å². The highest BCUT2D eigenvalue weighted by atomic mass is 16.3. The Morgan fingerprint density at radius 2 is 1.88 bits per heavy atom. The zero-order chi connectivity index (χ0) is 21.8. The fourth-order valence-electron chi connectivity index (χ4n) is 4.28. The summed E-state index contributed by atoms with van der Waals surface area (Å²) in [6.45, 7) is 1.38. The van der Waals surface area contributed by atoms with Gasteiger partial charge in [0.05, 0.1) is 18.9 Å². The summed E-state index contributed by atoms with van der Waals surface area (Å²) in [6.07, 6.45) is 10.8. The fraction of sp³-hybridized carbons (Fsp3) is 0.375. The van der Waals surface area contributed by atoms with Crippen molar-refractivity contribution in [3.8, 4) is 11.1 Å². The smallest absolute Gasteiger partial charge is 0.226 e. The topological polar surface area (TPSA) is 101 Å². The first-order chi connectivity index (χ1) is 15.8. The minimum atomic E-state index is 0.134. The number of furan rings is 1. The molecule has 8 nitrogen and oxygen atoms in total. The lowest BCUT2D eigenvalue weighted by molar-refractivity contribution is 0.292. The molecular formula is C24H28N6O2. The Bertz CT molecular complexity index is 1150. The first-order valence-electron chi connectivity index (χ1n) is 11.3. The minimum absolute atomic E-state index is 0.134. The van der Waals surface area contributed by atoms with Crippen molar-refractivity contribution >= 4 is 22.9 Å². The second-order valence-electron chi connectivity index (χ2n) is 8.22. The molecule has 1 aromatic carbocycles. The van der Waals surface area contributed by atoms with Crippen molar-refractivity contribution in [3.63, 3.8) is 0 Å². The molecule has 0 bridgehead atoms. The Kier molecular flexibility index (Phi) is 6.02. The predicted octanol–water partition coefficient (Wildman–Crippen LogP) is 4.61. The van der Waals surface area contributed by atoms with Crippen LogP contribution >= 0.6 is 0 Å². The predicted molar refractivity (Wildman–Crippen MR) is 124 cm³/mol. The molecule has 0 unspecified atom stereocenters. The van der Waals surface area contributed by atoms with Crippen molar-refractivity contribution in [2.75, 3.05) is 23.8 Å². The Hall–Kier alpha value is -3.39. The molecule has 3 aromatic heterocycles. The van der Waals surface area contributed by atoms with E-state index < -0.39 is 0 Å². The summed E-state index contributed by atoms with van der Waals surface area (Å²) in [6, 6.07) is 10.8. The molecule has 166 valence electrons. The molecule has 32 heavy (non-hydrogen) atoms. The lowest BCUT2D eigenvalue weighted by Gasteiger charge is -2.14. The van der Waals surface area contributed by atoms with E-state index in [1.165, 1.54) is 12.8 Å². The number of nitrogens with zero attached hydrogens (tertiary/aromatic N) is 4. The van der Waals surface area contributed by atoms with Gasteiger partial charge in [0, 0.05) is 31.3 Å². The molecule has 8 heteroatoms. The van der Waals surface area contributed by atoms with Crippen molar-refractivity contribution in [2.24, 2.45) is 0 Å². The fourth-order valence-corrected chi connectivity index (χ4v) is 4.28. The van der Waals surface area contributed by atoms with Gasteiger partial charge in [-0.25, -0.2) is 4.98 Å². The number of nitrogens with one attached hydrogen (secondary N) is 2. The number of fused-ring (bicyclic) bond motifs is 1. The van der Waals surface area contributed by atoms with Gasteiger partial charge in [0.2, 0.25) is 5.95 Å². The number of hydrogen-bond donors (Lipinski definition) is 3. The number of aliphatic hydroxyl groups is 1. The maximum Gasteiger partial charge on any atom is 0.226 e. The van der Waals surface area contributed by atoms with Gasteiger partial charge in [0.15, 0.2) is 17.0 Å². The summed E-state index contributed by atoms with van der Waals surface area (Å²) in [4.78, 5) is 14.1. The van der Waals surface area contributed by atoms with Gasteiger partial charge in [-0.3, -0.25) is 0 Å². The molecule has 3 N–H and O–H groups in total. The van der Waals surface area contributed by atoms with E-state index in [2.05, 4.69) is 49.4 Å². The standard InChI is InChI=1S/C24H28N6O2/c31-12-3-11-25-24-28-22(21-23(29-24)30(16-27-21)20-4-1-2-5-20)26-14-17-6-8-18(9-7-17)19-10-13-32-15-19/h6-10,13,15-16,20,31H,1-5,11-12,14H2,(H2,25,26,28,29). The molecule has 1 fully saturated rings. The van der Waals surface area contributed by atoms with Crippen LogP contribution in [-0.4, -0.2) is 37.8 Å². The Morgan fingerprint density at radius 1 is 1.03 bits per heavy atom. The highest BCUT2D eigenvalue weighted by Crippen LogP contribution is 2.33. The van der Waals surface area contributed by atoms with Gasteiger partial charge in [-0.2, -0.15) is 9.97 Å². The van der Waals surface area contributed by atoms with Gasteiger partial charge in [-0.05, 0) is 36.5 Å². The molecule has 5 rings (SSSR count). The zero-order valence-electron chi connectivity index (χ0n) is 18.0. The third-order valence-corrected chi connectivity index (χ3v) is 6.03. The lowest BCUT2D eigenvalue weighted by Crippen LogP contribution is -2.11. The number of anilines is 2. The van der Waals surface area contributed by atoms with E-state index in [4.69, 9.17) is 14.5 Å². The molecule has 0 spiro atoms. The van der Waals surface area contributed by atoms with E-state index in [1.54, 1.807) is 12.5 Å². The molecule has 0 amide bonds. The normalized spacial score (nSPS) is 14.3. The van der Waals surface area contributed by atoms with Gasteiger partial charge in [0.25, 0.3) is 0 Å². The van der Waals surface area contributed by atoms with E-state index in [1.807, 2.05) is 12.4 Å². The Morgan fingerprint density at radius 3 is 2.62 bits per heavy atom. The van der Waals surface area contributed by atoms with E-state index in [0.29, 0.717) is 31.5 Å². The Labute approximate surface area is 186 Å². The van der Waals surface area contributed by atoms with Crippen molar-refractivity contribution in [3.05, 3.63) is 54.7 Å². The molecule has 1 aliphatic carbocycles. The van der Waals surface area contributed by atoms with Gasteiger partial charge in [-0.1, -0.05) is 37.1 Å². The van der Waals surface area contributed by atoms with Crippen LogP contribution in [0.15, 0.2) is 53.6 Å². The molecule has 0 atom stereocenters. The summed E-state index contributed by atoms with van der Waals surface area (Å²) >= 11 is 0. The number of imidazole rings is 1. The summed E-state index contributed by atoms with van der Waals surface area (Å²) in [5.41, 5.74) is 4.99. The number of hydrogen-bond acceptors (Lipinski definition) is 7. The molecule has 0 aliphatic heterocycles. The highest BCUT2D eigenvalue weighted by Gasteiger charge is 2.21. The highest BCUT2D eigenvalue weighted by molar-refractivity contribution is 5.84. The van der Waals surface area contributed by atoms with Gasteiger partial charge in [-0.15, -0.1) is 0 Å². The molecule has 4 aromatic rings. The zero-order valence-corrected chi connectivity index (χ0v) is 18.0. The summed E-state index contributed by atoms with van der Waals surface area (Å²) in [5, 5.41) is 15.8. The van der Waals surface area contributed by atoms with Crippen LogP contribution < -0.4 is 10.6 Å². The number of rotatable bonds is 9. The van der Waals surface area contributed by atoms with Crippen LogP contribution in [0.3, 0.4) is 0 Å². The van der Waals surface area contributed by atoms with Crippen LogP contribution in [-0.2, 0) is 6.54 Å².